The lowest BCUT2D eigenvalue weighted by molar-refractivity contribution is -0.141. The van der Waals surface area contributed by atoms with Gasteiger partial charge in [0.05, 0.1) is 0 Å². The van der Waals surface area contributed by atoms with Crippen LogP contribution in [0.3, 0.4) is 0 Å². The summed E-state index contributed by atoms with van der Waals surface area (Å²) >= 11 is 0. The van der Waals surface area contributed by atoms with E-state index < -0.39 is 0 Å². The lowest BCUT2D eigenvalue weighted by atomic mass is 9.61. The molecule has 0 N–H and O–H groups in total. The number of carbonyl (C=O) groups is 1. The first-order valence-corrected chi connectivity index (χ1v) is 6.28. The van der Waals surface area contributed by atoms with Gasteiger partial charge >= 0.3 is 5.97 Å². The summed E-state index contributed by atoms with van der Waals surface area (Å²) in [6.07, 6.45) is 8.55. The molecule has 90 valence electrons. The van der Waals surface area contributed by atoms with Crippen LogP contribution in [0.15, 0.2) is 34.9 Å². The van der Waals surface area contributed by atoms with Crippen LogP contribution in [0, 0.1) is 11.3 Å². The Labute approximate surface area is 102 Å². The molecule has 0 saturated heterocycles. The van der Waals surface area contributed by atoms with Crippen molar-refractivity contribution in [2.45, 2.75) is 39.7 Å². The molecule has 1 saturated carbocycles. The Balaban J connectivity index is 2.01. The van der Waals surface area contributed by atoms with Crippen LogP contribution in [0.1, 0.15) is 33.6 Å². The molecule has 2 heteroatoms. The predicted octanol–water partition coefficient (Wildman–Crippen LogP) is 3.16. The Bertz CT molecular complexity index is 481. The number of allylic oxidation sites excluding steroid dienone is 4. The van der Waals surface area contributed by atoms with E-state index in [1.165, 1.54) is 11.1 Å². The molecule has 1 aliphatic heterocycles. The number of rotatable bonds is 0. The number of fused-ring (bicyclic) bond motifs is 2. The monoisotopic (exact) mass is 230 g/mol. The van der Waals surface area contributed by atoms with E-state index >= 15 is 0 Å². The van der Waals surface area contributed by atoms with Gasteiger partial charge in [0.2, 0.25) is 0 Å². The van der Waals surface area contributed by atoms with Gasteiger partial charge in [-0.25, -0.2) is 4.79 Å². The van der Waals surface area contributed by atoms with Crippen molar-refractivity contribution >= 4 is 5.97 Å². The number of carbonyl (C=O) groups excluding carboxylic acids is 1. The van der Waals surface area contributed by atoms with Gasteiger partial charge in [-0.05, 0) is 43.6 Å². The van der Waals surface area contributed by atoms with Crippen LogP contribution >= 0.6 is 0 Å². The molecule has 3 rings (SSSR count). The molecule has 3 aliphatic rings. The van der Waals surface area contributed by atoms with E-state index in [1.54, 1.807) is 0 Å². The highest BCUT2D eigenvalue weighted by atomic mass is 16.5. The number of hydrogen-bond acceptors (Lipinski definition) is 2. The third kappa shape index (κ3) is 1.43. The van der Waals surface area contributed by atoms with Gasteiger partial charge in [0.1, 0.15) is 6.10 Å². The van der Waals surface area contributed by atoms with Gasteiger partial charge in [-0.3, -0.25) is 0 Å². The van der Waals surface area contributed by atoms with Gasteiger partial charge < -0.3 is 4.74 Å². The van der Waals surface area contributed by atoms with Crippen molar-refractivity contribution in [2.75, 3.05) is 0 Å². The molecule has 0 amide bonds. The third-order valence-electron chi connectivity index (χ3n) is 4.66. The minimum atomic E-state index is -0.113. The average molecular weight is 230 g/mol. The van der Waals surface area contributed by atoms with Gasteiger partial charge in [0.25, 0.3) is 0 Å². The van der Waals surface area contributed by atoms with Gasteiger partial charge in [0.15, 0.2) is 0 Å². The Morgan fingerprint density at radius 1 is 1.41 bits per heavy atom. The van der Waals surface area contributed by atoms with Crippen molar-refractivity contribution in [3.63, 3.8) is 0 Å². The number of esters is 1. The Morgan fingerprint density at radius 3 is 2.94 bits per heavy atom. The van der Waals surface area contributed by atoms with Crippen LogP contribution in [0.5, 0.6) is 0 Å². The standard InChI is InChI=1S/C15H18O2/c1-9-5-4-6-15(3)8-13-11(7-12(9)15)10(2)14(16)17-13/h4-6,12-13H,7-8H2,1-3H3. The van der Waals surface area contributed by atoms with Crippen molar-refractivity contribution in [2.24, 2.45) is 11.3 Å². The summed E-state index contributed by atoms with van der Waals surface area (Å²) in [7, 11) is 0. The summed E-state index contributed by atoms with van der Waals surface area (Å²) in [5.74, 6) is 0.418. The Kier molecular flexibility index (Phi) is 2.13. The molecule has 3 unspecified atom stereocenters. The molecule has 2 nitrogen and oxygen atoms in total. The van der Waals surface area contributed by atoms with Gasteiger partial charge in [-0.1, -0.05) is 30.7 Å². The topological polar surface area (TPSA) is 26.3 Å². The van der Waals surface area contributed by atoms with E-state index in [4.69, 9.17) is 4.74 Å². The number of ether oxygens (including phenoxy) is 1. The van der Waals surface area contributed by atoms with Crippen molar-refractivity contribution in [1.82, 2.24) is 0 Å². The first kappa shape index (κ1) is 10.8. The maximum Gasteiger partial charge on any atom is 0.334 e. The summed E-state index contributed by atoms with van der Waals surface area (Å²) in [6.45, 7) is 6.38. The fourth-order valence-corrected chi connectivity index (χ4v) is 3.51. The molecule has 3 atom stereocenters. The first-order chi connectivity index (χ1) is 8.01. The summed E-state index contributed by atoms with van der Waals surface area (Å²) in [4.78, 5) is 11.6. The SMILES string of the molecule is CC1=CC=CC2(C)CC3OC(=O)C(C)=C3CC12. The van der Waals surface area contributed by atoms with Crippen LogP contribution in [0.25, 0.3) is 0 Å². The second kappa shape index (κ2) is 3.34. The van der Waals surface area contributed by atoms with E-state index in [9.17, 15) is 4.79 Å². The normalized spacial score (nSPS) is 39.7. The second-order valence-electron chi connectivity index (χ2n) is 5.78. The summed E-state index contributed by atoms with van der Waals surface area (Å²) < 4.78 is 5.46. The van der Waals surface area contributed by atoms with Crippen LogP contribution in [0.2, 0.25) is 0 Å². The highest BCUT2D eigenvalue weighted by Crippen LogP contribution is 2.52. The minimum absolute atomic E-state index is 0.0271. The quantitative estimate of drug-likeness (QED) is 0.597. The predicted molar refractivity (Wildman–Crippen MR) is 66.3 cm³/mol. The fourth-order valence-electron chi connectivity index (χ4n) is 3.51. The van der Waals surface area contributed by atoms with Crippen LogP contribution in [-0.4, -0.2) is 12.1 Å². The van der Waals surface area contributed by atoms with Crippen molar-refractivity contribution in [3.8, 4) is 0 Å². The first-order valence-electron chi connectivity index (χ1n) is 6.28. The van der Waals surface area contributed by atoms with Crippen LogP contribution < -0.4 is 0 Å². The molecule has 0 aromatic heterocycles. The van der Waals surface area contributed by atoms with E-state index in [2.05, 4.69) is 32.1 Å². The minimum Gasteiger partial charge on any atom is -0.454 e. The van der Waals surface area contributed by atoms with Crippen LogP contribution in [-0.2, 0) is 9.53 Å². The van der Waals surface area contributed by atoms with E-state index in [-0.39, 0.29) is 17.5 Å². The molecule has 1 fully saturated rings. The lowest BCUT2D eigenvalue weighted by Gasteiger charge is -2.44. The van der Waals surface area contributed by atoms with E-state index in [0.717, 1.165) is 18.4 Å². The molecule has 0 spiro atoms. The zero-order chi connectivity index (χ0) is 12.2. The van der Waals surface area contributed by atoms with Crippen molar-refractivity contribution in [1.29, 1.82) is 0 Å². The maximum absolute atomic E-state index is 11.6. The molecule has 1 heterocycles. The molecule has 0 bridgehead atoms. The molecule has 17 heavy (non-hydrogen) atoms. The summed E-state index contributed by atoms with van der Waals surface area (Å²) in [6, 6.07) is 0. The maximum atomic E-state index is 11.6. The van der Waals surface area contributed by atoms with Crippen molar-refractivity contribution < 1.29 is 9.53 Å². The number of hydrogen-bond donors (Lipinski definition) is 0. The third-order valence-corrected chi connectivity index (χ3v) is 4.66. The Hall–Kier alpha value is -1.31. The zero-order valence-corrected chi connectivity index (χ0v) is 10.6. The lowest BCUT2D eigenvalue weighted by Crippen LogP contribution is -2.38. The molecular formula is C15H18O2. The average Bonchev–Trinajstić information content (AvgIpc) is 2.52. The zero-order valence-electron chi connectivity index (χ0n) is 10.6. The highest BCUT2D eigenvalue weighted by molar-refractivity contribution is 5.91. The summed E-state index contributed by atoms with van der Waals surface area (Å²) in [5, 5.41) is 0. The summed E-state index contributed by atoms with van der Waals surface area (Å²) in [5.41, 5.74) is 3.66. The molecule has 2 aliphatic carbocycles. The van der Waals surface area contributed by atoms with E-state index in [1.807, 2.05) is 6.92 Å². The molecule has 0 aromatic carbocycles. The molecule has 0 aromatic rings. The van der Waals surface area contributed by atoms with E-state index in [0.29, 0.717) is 5.92 Å². The van der Waals surface area contributed by atoms with Gasteiger partial charge in [-0.15, -0.1) is 0 Å². The largest absolute Gasteiger partial charge is 0.454 e. The second-order valence-corrected chi connectivity index (χ2v) is 5.78. The van der Waals surface area contributed by atoms with Crippen molar-refractivity contribution in [3.05, 3.63) is 34.9 Å². The fraction of sp³-hybridized carbons (Fsp3) is 0.533. The molecule has 0 radical (unpaired) electrons. The molecular weight excluding hydrogens is 212 g/mol. The van der Waals surface area contributed by atoms with Gasteiger partial charge in [-0.2, -0.15) is 0 Å². The van der Waals surface area contributed by atoms with Crippen LogP contribution in [0.4, 0.5) is 0 Å². The smallest absolute Gasteiger partial charge is 0.334 e. The highest BCUT2D eigenvalue weighted by Gasteiger charge is 2.47. The van der Waals surface area contributed by atoms with Gasteiger partial charge in [0, 0.05) is 5.57 Å². The Morgan fingerprint density at radius 2 is 2.18 bits per heavy atom.